The fraction of sp³-hybridized carbons (Fsp3) is 0.277. The lowest BCUT2D eigenvalue weighted by Crippen LogP contribution is -2.42. The molecule has 0 radical (unpaired) electrons. The van der Waals surface area contributed by atoms with Gasteiger partial charge in [0.25, 0.3) is 5.91 Å². The highest BCUT2D eigenvalue weighted by Gasteiger charge is 2.43. The van der Waals surface area contributed by atoms with Gasteiger partial charge in [-0.25, -0.2) is 14.8 Å². The normalized spacial score (nSPS) is 18.3. The molecule has 2 aliphatic rings. The quantitative estimate of drug-likeness (QED) is 0.0528. The fourth-order valence-corrected chi connectivity index (χ4v) is 9.09. The number of carbonyl (C=O) groups excluding carboxylic acids is 4. The summed E-state index contributed by atoms with van der Waals surface area (Å²) in [5.41, 5.74) is 12.4. The Bertz CT molecular complexity index is 2500. The van der Waals surface area contributed by atoms with Crippen molar-refractivity contribution in [3.63, 3.8) is 0 Å². The van der Waals surface area contributed by atoms with Crippen molar-refractivity contribution in [1.29, 1.82) is 0 Å². The number of nitrogens with zero attached hydrogens (tertiary/aromatic N) is 4. The van der Waals surface area contributed by atoms with Gasteiger partial charge in [-0.15, -0.1) is 0 Å². The van der Waals surface area contributed by atoms with Gasteiger partial charge in [-0.2, -0.15) is 11.8 Å². The number of alkyl carbamates (subject to hydrolysis) is 1. The lowest BCUT2D eigenvalue weighted by molar-refractivity contribution is -0.152. The van der Waals surface area contributed by atoms with Crippen LogP contribution in [0, 0.1) is 0 Å². The van der Waals surface area contributed by atoms with E-state index in [0.717, 1.165) is 46.5 Å². The van der Waals surface area contributed by atoms with Crippen LogP contribution >= 0.6 is 11.8 Å². The molecule has 14 nitrogen and oxygen atoms in total. The van der Waals surface area contributed by atoms with Crippen molar-refractivity contribution in [1.82, 2.24) is 35.1 Å². The van der Waals surface area contributed by atoms with E-state index < -0.39 is 24.0 Å². The van der Waals surface area contributed by atoms with Crippen molar-refractivity contribution in [3.8, 4) is 33.6 Å². The zero-order valence-electron chi connectivity index (χ0n) is 34.4. The van der Waals surface area contributed by atoms with Crippen LogP contribution in [0.25, 0.3) is 33.6 Å². The van der Waals surface area contributed by atoms with Crippen LogP contribution < -0.4 is 11.1 Å². The molecule has 0 saturated carbocycles. The first kappa shape index (κ1) is 42.0. The molecule has 4 aromatic carbocycles. The van der Waals surface area contributed by atoms with Crippen LogP contribution in [-0.2, 0) is 23.9 Å². The van der Waals surface area contributed by atoms with Crippen molar-refractivity contribution in [3.05, 3.63) is 144 Å². The highest BCUT2D eigenvalue weighted by molar-refractivity contribution is 7.99. The second kappa shape index (κ2) is 18.9. The number of nitrogens with two attached hydrogens (primary N) is 1. The maximum Gasteiger partial charge on any atom is 0.407 e. The Labute approximate surface area is 363 Å². The Balaban J connectivity index is 0.945. The van der Waals surface area contributed by atoms with E-state index in [9.17, 15) is 19.2 Å². The molecule has 8 rings (SSSR count). The lowest BCUT2D eigenvalue weighted by Gasteiger charge is -2.28. The van der Waals surface area contributed by atoms with Gasteiger partial charge >= 0.3 is 12.1 Å². The lowest BCUT2D eigenvalue weighted by atomic mass is 9.97. The maximum absolute atomic E-state index is 14.1. The fourth-order valence-electron chi connectivity index (χ4n) is 8.41. The number of benzene rings is 4. The second-order valence-electron chi connectivity index (χ2n) is 15.3. The van der Waals surface area contributed by atoms with Gasteiger partial charge in [0, 0.05) is 18.3 Å². The Morgan fingerprint density at radius 2 is 1.31 bits per heavy atom. The largest absolute Gasteiger partial charge is 0.453 e. The van der Waals surface area contributed by atoms with Gasteiger partial charge in [0.15, 0.2) is 5.92 Å². The molecule has 2 aromatic heterocycles. The molecular formula is C47H48N8O6S. The van der Waals surface area contributed by atoms with E-state index in [1.165, 1.54) is 7.11 Å². The summed E-state index contributed by atoms with van der Waals surface area (Å²) in [4.78, 5) is 73.3. The summed E-state index contributed by atoms with van der Waals surface area (Å²) in [5.74, 6) is -1.01. The van der Waals surface area contributed by atoms with Gasteiger partial charge in [0.2, 0.25) is 5.91 Å². The maximum atomic E-state index is 14.1. The number of carbonyl (C=O) groups is 4. The van der Waals surface area contributed by atoms with Crippen LogP contribution in [0.15, 0.2) is 122 Å². The molecular weight excluding hydrogens is 805 g/mol. The molecule has 62 heavy (non-hydrogen) atoms. The number of thioether (sulfide) groups is 1. The van der Waals surface area contributed by atoms with Crippen LogP contribution in [0.4, 0.5) is 4.79 Å². The van der Waals surface area contributed by atoms with Gasteiger partial charge in [-0.1, -0.05) is 109 Å². The molecule has 0 spiro atoms. The Morgan fingerprint density at radius 1 is 0.758 bits per heavy atom. The van der Waals surface area contributed by atoms with Gasteiger partial charge in [-0.05, 0) is 58.9 Å². The average molecular weight is 853 g/mol. The number of ether oxygens (including phenoxy) is 2. The predicted octanol–water partition coefficient (Wildman–Crippen LogP) is 7.14. The second-order valence-corrected chi connectivity index (χ2v) is 16.4. The summed E-state index contributed by atoms with van der Waals surface area (Å²) in [6.07, 6.45) is 7.16. The van der Waals surface area contributed by atoms with E-state index in [0.29, 0.717) is 42.3 Å². The number of aromatic amines is 2. The summed E-state index contributed by atoms with van der Waals surface area (Å²) in [6.45, 7) is 0.708. The minimum atomic E-state index is -1.13. The molecule has 2 aliphatic heterocycles. The van der Waals surface area contributed by atoms with Crippen LogP contribution in [0.1, 0.15) is 66.1 Å². The highest BCUT2D eigenvalue weighted by atomic mass is 32.2. The van der Waals surface area contributed by atoms with Crippen molar-refractivity contribution in [2.45, 2.75) is 48.6 Å². The van der Waals surface area contributed by atoms with Crippen LogP contribution in [0.2, 0.25) is 0 Å². The summed E-state index contributed by atoms with van der Waals surface area (Å²) < 4.78 is 9.99. The molecule has 0 aliphatic carbocycles. The van der Waals surface area contributed by atoms with Crippen molar-refractivity contribution in [2.24, 2.45) is 5.73 Å². The zero-order chi connectivity index (χ0) is 43.2. The third-order valence-corrected chi connectivity index (χ3v) is 12.6. The SMILES string of the molecule is COC(=O)N[C@H](C(=O)N1CCC[C@H]1c1ncc(-c2ccc(-c3ccc(-c4cnc([C@@H]5C[C@H](SC)CN5C(=O)[C@@H](C(=O)OCN)c5ccccc5)[nH]4)cc3)cc2)[nH]1)c1ccccc1. The van der Waals surface area contributed by atoms with Crippen molar-refractivity contribution < 1.29 is 28.7 Å². The smallest absolute Gasteiger partial charge is 0.407 e. The summed E-state index contributed by atoms with van der Waals surface area (Å²) in [6, 6.07) is 33.0. The van der Waals surface area contributed by atoms with Crippen LogP contribution in [0.3, 0.4) is 0 Å². The Hall–Kier alpha value is -6.71. The number of likely N-dealkylation sites (tertiary alicyclic amines) is 2. The number of hydrogen-bond donors (Lipinski definition) is 4. The molecule has 6 aromatic rings. The molecule has 0 unspecified atom stereocenters. The number of H-pyrrole nitrogens is 2. The van der Waals surface area contributed by atoms with Gasteiger partial charge in [-0.3, -0.25) is 20.1 Å². The highest BCUT2D eigenvalue weighted by Crippen LogP contribution is 2.39. The minimum Gasteiger partial charge on any atom is -0.453 e. The van der Waals surface area contributed by atoms with E-state index in [1.807, 2.05) is 66.9 Å². The molecule has 5 atom stereocenters. The predicted molar refractivity (Wildman–Crippen MR) is 236 cm³/mol. The first-order valence-corrected chi connectivity index (χ1v) is 21.8. The first-order valence-electron chi connectivity index (χ1n) is 20.5. The number of hydrogen-bond acceptors (Lipinski definition) is 10. The van der Waals surface area contributed by atoms with Crippen molar-refractivity contribution in [2.75, 3.05) is 33.2 Å². The number of aromatic nitrogens is 4. The minimum absolute atomic E-state index is 0.172. The molecule has 318 valence electrons. The van der Waals surface area contributed by atoms with E-state index in [1.54, 1.807) is 58.2 Å². The number of nitrogens with one attached hydrogen (secondary N) is 3. The molecule has 2 fully saturated rings. The Kier molecular flexibility index (Phi) is 12.8. The number of esters is 1. The van der Waals surface area contributed by atoms with E-state index >= 15 is 0 Å². The van der Waals surface area contributed by atoms with E-state index in [4.69, 9.17) is 25.2 Å². The van der Waals surface area contributed by atoms with E-state index in [-0.39, 0.29) is 35.9 Å². The van der Waals surface area contributed by atoms with Crippen molar-refractivity contribution >= 4 is 35.6 Å². The first-order chi connectivity index (χ1) is 30.3. The summed E-state index contributed by atoms with van der Waals surface area (Å²) in [7, 11) is 1.28. The van der Waals surface area contributed by atoms with Gasteiger partial charge in [0.1, 0.15) is 24.4 Å². The number of amides is 3. The number of methoxy groups -OCH3 is 1. The molecule has 0 bridgehead atoms. The topological polar surface area (TPSA) is 189 Å². The monoisotopic (exact) mass is 852 g/mol. The number of rotatable bonds is 13. The van der Waals surface area contributed by atoms with E-state index in [2.05, 4.69) is 39.6 Å². The van der Waals surface area contributed by atoms with Gasteiger partial charge in [0.05, 0.1) is 43.0 Å². The van der Waals surface area contributed by atoms with Crippen LogP contribution in [-0.4, -0.2) is 92.0 Å². The standard InChI is InChI=1S/C47H48N8O6S/c1-60-47(59)53-41(34-12-7-4-8-13-34)45(57)54-23-9-14-38(54)42-49-25-36(51-42)31-19-15-29(16-20-31)30-17-21-32(22-18-30)37-26-50-43(52-37)39-24-35(62-2)27-55(39)44(56)40(46(58)61-28-48)33-10-5-3-6-11-33/h3-8,10-13,15-22,25-26,35,38-41H,9,14,23-24,27-28,48H2,1-2H3,(H,49,51)(H,50,52)(H,53,59)/t35-,38-,39-,40-,41-/m0/s1. The Morgan fingerprint density at radius 3 is 1.85 bits per heavy atom. The molecule has 5 N–H and O–H groups in total. The molecule has 4 heterocycles. The molecule has 15 heteroatoms. The third-order valence-electron chi connectivity index (χ3n) is 11.6. The zero-order valence-corrected chi connectivity index (χ0v) is 35.2. The number of imidazole rings is 2. The third kappa shape index (κ3) is 8.85. The van der Waals surface area contributed by atoms with Crippen LogP contribution in [0.5, 0.6) is 0 Å². The van der Waals surface area contributed by atoms with Gasteiger partial charge < -0.3 is 34.6 Å². The summed E-state index contributed by atoms with van der Waals surface area (Å²) in [5, 5.41) is 2.88. The molecule has 3 amide bonds. The average Bonchev–Trinajstić information content (AvgIpc) is 4.16. The molecule has 2 saturated heterocycles. The summed E-state index contributed by atoms with van der Waals surface area (Å²) >= 11 is 1.69.